The van der Waals surface area contributed by atoms with Crippen LogP contribution >= 0.6 is 0 Å². The number of ether oxygens (including phenoxy) is 4. The number of hydrogen-bond donors (Lipinski definition) is 0. The molecule has 0 fully saturated rings. The summed E-state index contributed by atoms with van der Waals surface area (Å²) in [6.45, 7) is 3.91. The van der Waals surface area contributed by atoms with Gasteiger partial charge in [-0.3, -0.25) is 19.2 Å². The Kier molecular flexibility index (Phi) is 8.03. The topological polar surface area (TPSA) is 105 Å². The van der Waals surface area contributed by atoms with Gasteiger partial charge in [-0.2, -0.15) is 0 Å². The van der Waals surface area contributed by atoms with E-state index in [1.807, 2.05) is 0 Å². The molecular formula is C13H20O8. The third-order valence-electron chi connectivity index (χ3n) is 2.33. The van der Waals surface area contributed by atoms with E-state index in [4.69, 9.17) is 18.9 Å². The second kappa shape index (κ2) is 8.93. The first-order chi connectivity index (χ1) is 9.67. The molecule has 0 N–H and O–H groups in total. The number of hydrogen-bond acceptors (Lipinski definition) is 8. The summed E-state index contributed by atoms with van der Waals surface area (Å²) >= 11 is 0. The van der Waals surface area contributed by atoms with Gasteiger partial charge in [0.2, 0.25) is 0 Å². The highest BCUT2D eigenvalue weighted by Gasteiger charge is 2.36. The van der Waals surface area contributed by atoms with Crippen LogP contribution in [0.15, 0.2) is 0 Å². The third-order valence-corrected chi connectivity index (χ3v) is 2.33. The highest BCUT2D eigenvalue weighted by atomic mass is 16.6. The molecule has 120 valence electrons. The first-order valence-corrected chi connectivity index (χ1v) is 6.20. The summed E-state index contributed by atoms with van der Waals surface area (Å²) in [6, 6.07) is 0. The Morgan fingerprint density at radius 2 is 0.762 bits per heavy atom. The van der Waals surface area contributed by atoms with E-state index in [-0.39, 0.29) is 26.4 Å². The fraction of sp³-hybridized carbons (Fsp3) is 0.692. The van der Waals surface area contributed by atoms with Crippen LogP contribution in [0.4, 0.5) is 0 Å². The van der Waals surface area contributed by atoms with Crippen molar-refractivity contribution >= 4 is 23.9 Å². The minimum atomic E-state index is -1.14. The average Bonchev–Trinajstić information content (AvgIpc) is 2.36. The molecule has 0 rings (SSSR count). The van der Waals surface area contributed by atoms with Crippen molar-refractivity contribution in [2.24, 2.45) is 5.41 Å². The lowest BCUT2D eigenvalue weighted by Gasteiger charge is -2.30. The quantitative estimate of drug-likeness (QED) is 0.463. The summed E-state index contributed by atoms with van der Waals surface area (Å²) in [4.78, 5) is 43.8. The van der Waals surface area contributed by atoms with Gasteiger partial charge in [-0.1, -0.05) is 0 Å². The van der Waals surface area contributed by atoms with Gasteiger partial charge in [-0.25, -0.2) is 0 Å². The molecule has 8 heteroatoms. The van der Waals surface area contributed by atoms with Crippen LogP contribution in [0.1, 0.15) is 27.7 Å². The zero-order chi connectivity index (χ0) is 16.5. The molecule has 0 saturated carbocycles. The van der Waals surface area contributed by atoms with E-state index in [2.05, 4.69) is 0 Å². The van der Waals surface area contributed by atoms with E-state index in [0.717, 1.165) is 0 Å². The van der Waals surface area contributed by atoms with E-state index in [9.17, 15) is 19.2 Å². The Morgan fingerprint density at radius 3 is 0.905 bits per heavy atom. The SMILES string of the molecule is CC(=O)OCC(COC(C)=O)(COC(C)=O)COC(C)=O. The van der Waals surface area contributed by atoms with E-state index in [1.165, 1.54) is 27.7 Å². The smallest absolute Gasteiger partial charge is 0.302 e. The Balaban J connectivity index is 5.02. The summed E-state index contributed by atoms with van der Waals surface area (Å²) in [5.74, 6) is -2.25. The number of rotatable bonds is 8. The third kappa shape index (κ3) is 9.42. The molecule has 0 atom stereocenters. The van der Waals surface area contributed by atoms with Crippen LogP contribution in [0.3, 0.4) is 0 Å². The molecule has 0 aromatic heterocycles. The predicted octanol–water partition coefficient (Wildman–Crippen LogP) is 0.225. The van der Waals surface area contributed by atoms with Crippen molar-refractivity contribution < 1.29 is 38.1 Å². The van der Waals surface area contributed by atoms with Crippen LogP contribution in [0.5, 0.6) is 0 Å². The number of carbonyl (C=O) groups excluding carboxylic acids is 4. The fourth-order valence-electron chi connectivity index (χ4n) is 1.27. The zero-order valence-electron chi connectivity index (χ0n) is 12.6. The van der Waals surface area contributed by atoms with Gasteiger partial charge in [-0.05, 0) is 0 Å². The molecule has 21 heavy (non-hydrogen) atoms. The van der Waals surface area contributed by atoms with E-state index < -0.39 is 29.3 Å². The monoisotopic (exact) mass is 304 g/mol. The molecule has 0 unspecified atom stereocenters. The van der Waals surface area contributed by atoms with Gasteiger partial charge < -0.3 is 18.9 Å². The average molecular weight is 304 g/mol. The summed E-state index contributed by atoms with van der Waals surface area (Å²) in [6.07, 6.45) is 0. The maximum atomic E-state index is 11.0. The highest BCUT2D eigenvalue weighted by Crippen LogP contribution is 2.21. The molecule has 0 radical (unpaired) electrons. The molecule has 0 aliphatic heterocycles. The van der Waals surface area contributed by atoms with Crippen LogP contribution in [0, 0.1) is 5.41 Å². The maximum Gasteiger partial charge on any atom is 0.302 e. The molecule has 0 aliphatic rings. The first kappa shape index (κ1) is 18.9. The van der Waals surface area contributed by atoms with Crippen molar-refractivity contribution in [2.75, 3.05) is 26.4 Å². The zero-order valence-corrected chi connectivity index (χ0v) is 12.6. The van der Waals surface area contributed by atoms with Crippen LogP contribution < -0.4 is 0 Å². The molecule has 0 aliphatic carbocycles. The summed E-state index contributed by atoms with van der Waals surface area (Å²) in [7, 11) is 0. The van der Waals surface area contributed by atoms with Gasteiger partial charge in [0.25, 0.3) is 0 Å². The Hall–Kier alpha value is -2.12. The second-order valence-electron chi connectivity index (χ2n) is 4.62. The highest BCUT2D eigenvalue weighted by molar-refractivity contribution is 5.67. The van der Waals surface area contributed by atoms with Crippen LogP contribution in [0.2, 0.25) is 0 Å². The van der Waals surface area contributed by atoms with Crippen molar-refractivity contribution in [3.05, 3.63) is 0 Å². The Bertz CT molecular complexity index is 323. The van der Waals surface area contributed by atoms with Crippen molar-refractivity contribution in [1.29, 1.82) is 0 Å². The molecule has 0 bridgehead atoms. The maximum absolute atomic E-state index is 11.0. The number of esters is 4. The van der Waals surface area contributed by atoms with Crippen molar-refractivity contribution in [1.82, 2.24) is 0 Å². The minimum Gasteiger partial charge on any atom is -0.465 e. The van der Waals surface area contributed by atoms with E-state index in [1.54, 1.807) is 0 Å². The van der Waals surface area contributed by atoms with Gasteiger partial charge in [0, 0.05) is 27.7 Å². The molecule has 0 aromatic carbocycles. The first-order valence-electron chi connectivity index (χ1n) is 6.20. The molecule has 0 aromatic rings. The minimum absolute atomic E-state index is 0.226. The lowest BCUT2D eigenvalue weighted by Crippen LogP contribution is -2.43. The fourth-order valence-corrected chi connectivity index (χ4v) is 1.27. The molecule has 0 amide bonds. The van der Waals surface area contributed by atoms with Crippen LogP contribution in [-0.2, 0) is 38.1 Å². The van der Waals surface area contributed by atoms with Crippen molar-refractivity contribution in [3.63, 3.8) is 0 Å². The summed E-state index contributed by atoms with van der Waals surface area (Å²) in [5.41, 5.74) is -1.14. The van der Waals surface area contributed by atoms with Gasteiger partial charge >= 0.3 is 23.9 Å². The lowest BCUT2D eigenvalue weighted by molar-refractivity contribution is -0.167. The van der Waals surface area contributed by atoms with Gasteiger partial charge in [0.15, 0.2) is 0 Å². The second-order valence-corrected chi connectivity index (χ2v) is 4.62. The summed E-state index contributed by atoms with van der Waals surface area (Å²) in [5, 5.41) is 0. The summed E-state index contributed by atoms with van der Waals surface area (Å²) < 4.78 is 19.6. The van der Waals surface area contributed by atoms with Crippen LogP contribution in [-0.4, -0.2) is 50.3 Å². The van der Waals surface area contributed by atoms with E-state index in [0.29, 0.717) is 0 Å². The molecule has 8 nitrogen and oxygen atoms in total. The largest absolute Gasteiger partial charge is 0.465 e. The van der Waals surface area contributed by atoms with Gasteiger partial charge in [0.05, 0.1) is 0 Å². The molecule has 0 saturated heterocycles. The van der Waals surface area contributed by atoms with Gasteiger partial charge in [0.1, 0.15) is 31.8 Å². The van der Waals surface area contributed by atoms with Gasteiger partial charge in [-0.15, -0.1) is 0 Å². The Labute approximate surface area is 122 Å². The Morgan fingerprint density at radius 1 is 0.571 bits per heavy atom. The molecule has 0 spiro atoms. The normalized spacial score (nSPS) is 10.5. The van der Waals surface area contributed by atoms with E-state index >= 15 is 0 Å². The lowest BCUT2D eigenvalue weighted by atomic mass is 9.92. The molecular weight excluding hydrogens is 284 g/mol. The van der Waals surface area contributed by atoms with Crippen molar-refractivity contribution in [3.8, 4) is 0 Å². The number of carbonyl (C=O) groups is 4. The molecule has 0 heterocycles. The van der Waals surface area contributed by atoms with Crippen LogP contribution in [0.25, 0.3) is 0 Å². The van der Waals surface area contributed by atoms with Crippen molar-refractivity contribution in [2.45, 2.75) is 27.7 Å². The standard InChI is InChI=1S/C13H20O8/c1-9(14)18-5-13(6-19-10(2)15,7-20-11(3)16)8-21-12(4)17/h5-8H2,1-4H3. The predicted molar refractivity (Wildman–Crippen MR) is 69.0 cm³/mol.